The third-order valence-corrected chi connectivity index (χ3v) is 5.15. The molecule has 0 radical (unpaired) electrons. The predicted octanol–water partition coefficient (Wildman–Crippen LogP) is 1.60. The Bertz CT molecular complexity index is 404. The first-order chi connectivity index (χ1) is 9.67. The zero-order valence-electron chi connectivity index (χ0n) is 13.4. The Hall–Kier alpha value is -0.940. The van der Waals surface area contributed by atoms with Crippen molar-refractivity contribution in [2.45, 2.75) is 57.5 Å². The van der Waals surface area contributed by atoms with Gasteiger partial charge in [-0.3, -0.25) is 9.58 Å². The highest BCUT2D eigenvalue weighted by atomic mass is 15.3. The van der Waals surface area contributed by atoms with Gasteiger partial charge in [0, 0.05) is 25.0 Å². The van der Waals surface area contributed by atoms with Crippen LogP contribution in [0.1, 0.15) is 45.4 Å². The van der Waals surface area contributed by atoms with E-state index in [0.717, 1.165) is 12.2 Å². The van der Waals surface area contributed by atoms with Gasteiger partial charge < -0.3 is 5.32 Å². The lowest BCUT2D eigenvalue weighted by molar-refractivity contribution is 0.0640. The number of hydrogen-bond donors (Lipinski definition) is 1. The van der Waals surface area contributed by atoms with Crippen molar-refractivity contribution in [1.29, 1.82) is 0 Å². The lowest BCUT2D eigenvalue weighted by atomic mass is 9.81. The molecule has 0 saturated carbocycles. The van der Waals surface area contributed by atoms with Crippen LogP contribution in [0, 0.1) is 0 Å². The summed E-state index contributed by atoms with van der Waals surface area (Å²) in [5.41, 5.74) is 0.233. The van der Waals surface area contributed by atoms with E-state index in [1.807, 2.05) is 11.7 Å². The number of likely N-dealkylation sites (N-methyl/N-ethyl adjacent to an activating group) is 1. The molecule has 1 aliphatic rings. The summed E-state index contributed by atoms with van der Waals surface area (Å²) < 4.78 is 1.89. The van der Waals surface area contributed by atoms with Gasteiger partial charge in [-0.05, 0) is 45.8 Å². The van der Waals surface area contributed by atoms with Crippen molar-refractivity contribution < 1.29 is 0 Å². The van der Waals surface area contributed by atoms with Crippen LogP contribution in [0.2, 0.25) is 0 Å². The molecule has 1 aromatic heterocycles. The minimum Gasteiger partial charge on any atom is -0.315 e. The van der Waals surface area contributed by atoms with Crippen LogP contribution in [-0.4, -0.2) is 51.4 Å². The van der Waals surface area contributed by atoms with Crippen molar-refractivity contribution in [3.05, 3.63) is 12.2 Å². The van der Waals surface area contributed by atoms with Gasteiger partial charge in [0.25, 0.3) is 0 Å². The van der Waals surface area contributed by atoms with Crippen LogP contribution in [0.3, 0.4) is 0 Å². The van der Waals surface area contributed by atoms with E-state index in [2.05, 4.69) is 41.2 Å². The largest absolute Gasteiger partial charge is 0.315 e. The Morgan fingerprint density at radius 2 is 1.95 bits per heavy atom. The fourth-order valence-electron chi connectivity index (χ4n) is 3.82. The maximum Gasteiger partial charge on any atom is 0.138 e. The molecule has 0 amide bonds. The van der Waals surface area contributed by atoms with E-state index in [1.54, 1.807) is 6.33 Å². The Labute approximate surface area is 122 Å². The van der Waals surface area contributed by atoms with Crippen LogP contribution in [-0.2, 0) is 13.5 Å². The highest BCUT2D eigenvalue weighted by molar-refractivity contribution is 5.04. The quantitative estimate of drug-likeness (QED) is 0.823. The van der Waals surface area contributed by atoms with Gasteiger partial charge in [0.05, 0.1) is 0 Å². The first-order valence-electron chi connectivity index (χ1n) is 7.93. The molecule has 114 valence electrons. The van der Waals surface area contributed by atoms with E-state index < -0.39 is 0 Å². The van der Waals surface area contributed by atoms with Crippen LogP contribution in [0.15, 0.2) is 6.33 Å². The van der Waals surface area contributed by atoms with Crippen molar-refractivity contribution in [3.8, 4) is 0 Å². The fourth-order valence-corrected chi connectivity index (χ4v) is 3.82. The Morgan fingerprint density at radius 1 is 1.30 bits per heavy atom. The number of aromatic nitrogens is 3. The summed E-state index contributed by atoms with van der Waals surface area (Å²) in [6, 6.07) is 0.415. The average molecular weight is 279 g/mol. The standard InChI is InChI=1S/C15H29N5/c1-5-15(6-2,20-9-7-8-10-20)13(16-3)11-14-17-12-18-19(14)4/h12-13,16H,5-11H2,1-4H3. The summed E-state index contributed by atoms with van der Waals surface area (Å²) in [4.78, 5) is 7.10. The van der Waals surface area contributed by atoms with E-state index in [4.69, 9.17) is 0 Å². The molecule has 1 saturated heterocycles. The molecule has 2 heterocycles. The second-order valence-electron chi connectivity index (χ2n) is 5.85. The molecular weight excluding hydrogens is 250 g/mol. The molecule has 0 spiro atoms. The zero-order valence-corrected chi connectivity index (χ0v) is 13.4. The van der Waals surface area contributed by atoms with Gasteiger partial charge in [-0.2, -0.15) is 5.10 Å². The van der Waals surface area contributed by atoms with Crippen LogP contribution in [0.5, 0.6) is 0 Å². The number of nitrogens with zero attached hydrogens (tertiary/aromatic N) is 4. The van der Waals surface area contributed by atoms with E-state index >= 15 is 0 Å². The maximum atomic E-state index is 4.41. The monoisotopic (exact) mass is 279 g/mol. The first kappa shape index (κ1) is 15.4. The molecule has 2 rings (SSSR count). The minimum absolute atomic E-state index is 0.233. The topological polar surface area (TPSA) is 46.0 Å². The van der Waals surface area contributed by atoms with Crippen molar-refractivity contribution in [2.24, 2.45) is 7.05 Å². The summed E-state index contributed by atoms with van der Waals surface area (Å²) in [5.74, 6) is 1.06. The molecule has 1 N–H and O–H groups in total. The van der Waals surface area contributed by atoms with Crippen molar-refractivity contribution >= 4 is 0 Å². The fraction of sp³-hybridized carbons (Fsp3) is 0.867. The average Bonchev–Trinajstić information content (AvgIpc) is 3.12. The van der Waals surface area contributed by atoms with Gasteiger partial charge in [0.1, 0.15) is 12.2 Å². The summed E-state index contributed by atoms with van der Waals surface area (Å²) >= 11 is 0. The maximum absolute atomic E-state index is 4.41. The third-order valence-electron chi connectivity index (χ3n) is 5.15. The third kappa shape index (κ3) is 2.74. The summed E-state index contributed by atoms with van der Waals surface area (Å²) in [6.45, 7) is 7.11. The zero-order chi connectivity index (χ0) is 14.6. The number of aryl methyl sites for hydroxylation is 1. The highest BCUT2D eigenvalue weighted by Crippen LogP contribution is 2.32. The van der Waals surface area contributed by atoms with Crippen LogP contribution in [0.4, 0.5) is 0 Å². The minimum atomic E-state index is 0.233. The van der Waals surface area contributed by atoms with Gasteiger partial charge in [-0.1, -0.05) is 13.8 Å². The molecule has 1 atom stereocenters. The number of hydrogen-bond acceptors (Lipinski definition) is 4. The lowest BCUT2D eigenvalue weighted by Crippen LogP contribution is -2.60. The summed E-state index contributed by atoms with van der Waals surface area (Å²) in [7, 11) is 4.06. The molecule has 1 fully saturated rings. The van der Waals surface area contributed by atoms with Crippen LogP contribution in [0.25, 0.3) is 0 Å². The SMILES string of the molecule is CCC(CC)(C(Cc1ncnn1C)NC)N1CCCC1. The van der Waals surface area contributed by atoms with Gasteiger partial charge >= 0.3 is 0 Å². The number of likely N-dealkylation sites (tertiary alicyclic amines) is 1. The van der Waals surface area contributed by atoms with E-state index in [-0.39, 0.29) is 5.54 Å². The lowest BCUT2D eigenvalue weighted by Gasteiger charge is -2.46. The second kappa shape index (κ2) is 6.68. The molecule has 20 heavy (non-hydrogen) atoms. The molecule has 1 aliphatic heterocycles. The molecule has 5 nitrogen and oxygen atoms in total. The van der Waals surface area contributed by atoms with Crippen molar-refractivity contribution in [1.82, 2.24) is 25.0 Å². The van der Waals surface area contributed by atoms with Gasteiger partial charge in [0.2, 0.25) is 0 Å². The van der Waals surface area contributed by atoms with E-state index in [1.165, 1.54) is 38.8 Å². The Balaban J connectivity index is 2.22. The van der Waals surface area contributed by atoms with E-state index in [9.17, 15) is 0 Å². The molecule has 5 heteroatoms. The smallest absolute Gasteiger partial charge is 0.138 e. The van der Waals surface area contributed by atoms with Gasteiger partial charge in [0.15, 0.2) is 0 Å². The van der Waals surface area contributed by atoms with Crippen LogP contribution >= 0.6 is 0 Å². The normalized spacial score (nSPS) is 18.6. The summed E-state index contributed by atoms with van der Waals surface area (Å²) in [6.07, 6.45) is 7.60. The Morgan fingerprint density at radius 3 is 2.40 bits per heavy atom. The molecular formula is C15H29N5. The second-order valence-corrected chi connectivity index (χ2v) is 5.85. The predicted molar refractivity (Wildman–Crippen MR) is 81.7 cm³/mol. The molecule has 1 aromatic rings. The molecule has 1 unspecified atom stereocenters. The van der Waals surface area contributed by atoms with Crippen molar-refractivity contribution in [2.75, 3.05) is 20.1 Å². The summed E-state index contributed by atoms with van der Waals surface area (Å²) in [5, 5.41) is 7.76. The van der Waals surface area contributed by atoms with Gasteiger partial charge in [-0.25, -0.2) is 4.98 Å². The Kier molecular flexibility index (Phi) is 5.16. The van der Waals surface area contributed by atoms with Gasteiger partial charge in [-0.15, -0.1) is 0 Å². The molecule has 0 aromatic carbocycles. The highest BCUT2D eigenvalue weighted by Gasteiger charge is 2.41. The van der Waals surface area contributed by atoms with Crippen molar-refractivity contribution in [3.63, 3.8) is 0 Å². The van der Waals surface area contributed by atoms with E-state index in [0.29, 0.717) is 6.04 Å². The van der Waals surface area contributed by atoms with Crippen LogP contribution < -0.4 is 5.32 Å². The first-order valence-corrected chi connectivity index (χ1v) is 7.93. The number of nitrogens with one attached hydrogen (secondary N) is 1. The molecule has 0 bridgehead atoms. The molecule has 0 aliphatic carbocycles. The number of rotatable bonds is 7.